The van der Waals surface area contributed by atoms with E-state index < -0.39 is 0 Å². The van der Waals surface area contributed by atoms with Crippen molar-refractivity contribution >= 4 is 5.91 Å². The van der Waals surface area contributed by atoms with Gasteiger partial charge in [-0.1, -0.05) is 38.5 Å². The Morgan fingerprint density at radius 1 is 0.810 bits per heavy atom. The maximum absolute atomic E-state index is 12.8. The zero-order valence-electron chi connectivity index (χ0n) is 13.5. The summed E-state index contributed by atoms with van der Waals surface area (Å²) in [4.78, 5) is 15.1. The van der Waals surface area contributed by atoms with Crippen LogP contribution in [0.15, 0.2) is 0 Å². The van der Waals surface area contributed by atoms with Gasteiger partial charge >= 0.3 is 0 Å². The predicted molar refractivity (Wildman–Crippen MR) is 86.2 cm³/mol. The average Bonchev–Trinajstić information content (AvgIpc) is 3.34. The van der Waals surface area contributed by atoms with Crippen LogP contribution >= 0.6 is 0 Å². The molecule has 1 N–H and O–H groups in total. The number of hydrogen-bond donors (Lipinski definition) is 1. The summed E-state index contributed by atoms with van der Waals surface area (Å²) in [5.41, 5.74) is 0. The van der Waals surface area contributed by atoms with E-state index in [9.17, 15) is 4.79 Å². The number of amides is 1. The second-order valence-electron chi connectivity index (χ2n) is 7.46. The zero-order chi connectivity index (χ0) is 14.5. The van der Waals surface area contributed by atoms with Crippen LogP contribution in [0.25, 0.3) is 0 Å². The van der Waals surface area contributed by atoms with Gasteiger partial charge in [-0.15, -0.1) is 0 Å². The Bertz CT molecular complexity index is 310. The molecule has 3 fully saturated rings. The normalized spacial score (nSPS) is 25.0. The summed E-state index contributed by atoms with van der Waals surface area (Å²) >= 11 is 0. The molecule has 3 aliphatic carbocycles. The van der Waals surface area contributed by atoms with Crippen molar-refractivity contribution in [3.8, 4) is 0 Å². The third kappa shape index (κ3) is 4.45. The van der Waals surface area contributed by atoms with E-state index in [0.29, 0.717) is 24.5 Å². The molecule has 21 heavy (non-hydrogen) atoms. The van der Waals surface area contributed by atoms with Gasteiger partial charge in [-0.25, -0.2) is 0 Å². The second-order valence-corrected chi connectivity index (χ2v) is 7.46. The van der Waals surface area contributed by atoms with Crippen molar-refractivity contribution in [2.24, 2.45) is 5.92 Å². The van der Waals surface area contributed by atoms with Crippen LogP contribution in [0.3, 0.4) is 0 Å². The quantitative estimate of drug-likeness (QED) is 0.813. The highest BCUT2D eigenvalue weighted by Crippen LogP contribution is 2.30. The molecule has 0 saturated heterocycles. The van der Waals surface area contributed by atoms with Crippen LogP contribution in [-0.4, -0.2) is 36.0 Å². The number of hydrogen-bond acceptors (Lipinski definition) is 2. The highest BCUT2D eigenvalue weighted by molar-refractivity contribution is 5.79. The fourth-order valence-corrected chi connectivity index (χ4v) is 4.22. The van der Waals surface area contributed by atoms with Crippen molar-refractivity contribution in [3.05, 3.63) is 0 Å². The fraction of sp³-hybridized carbons (Fsp3) is 0.944. The lowest BCUT2D eigenvalue weighted by Crippen LogP contribution is -2.51. The van der Waals surface area contributed by atoms with E-state index in [1.165, 1.54) is 77.0 Å². The summed E-state index contributed by atoms with van der Waals surface area (Å²) in [6, 6.07) is 1.08. The molecule has 0 aromatic heterocycles. The van der Waals surface area contributed by atoms with Crippen molar-refractivity contribution in [1.82, 2.24) is 10.2 Å². The number of carbonyl (C=O) groups excluding carboxylic acids is 1. The topological polar surface area (TPSA) is 32.3 Å². The lowest BCUT2D eigenvalue weighted by Gasteiger charge is -2.42. The Morgan fingerprint density at radius 3 is 1.81 bits per heavy atom. The Morgan fingerprint density at radius 2 is 1.33 bits per heavy atom. The van der Waals surface area contributed by atoms with E-state index in [1.807, 2.05) is 0 Å². The van der Waals surface area contributed by atoms with E-state index in [1.54, 1.807) is 0 Å². The molecule has 0 atom stereocenters. The van der Waals surface area contributed by atoms with Gasteiger partial charge in [0.05, 0.1) is 6.54 Å². The summed E-state index contributed by atoms with van der Waals surface area (Å²) in [7, 11) is 0. The number of nitrogens with zero attached hydrogens (tertiary/aromatic N) is 1. The van der Waals surface area contributed by atoms with Gasteiger partial charge in [-0.3, -0.25) is 4.79 Å². The highest BCUT2D eigenvalue weighted by atomic mass is 16.2. The Hall–Kier alpha value is -0.570. The number of nitrogens with one attached hydrogen (secondary N) is 1. The Labute approximate surface area is 129 Å². The molecule has 0 unspecified atom stereocenters. The lowest BCUT2D eigenvalue weighted by atomic mass is 9.88. The van der Waals surface area contributed by atoms with Crippen LogP contribution in [0.5, 0.6) is 0 Å². The second kappa shape index (κ2) is 7.62. The first kappa shape index (κ1) is 15.3. The molecular weight excluding hydrogens is 260 g/mol. The summed E-state index contributed by atoms with van der Waals surface area (Å²) in [5.74, 6) is 1.24. The molecule has 3 saturated carbocycles. The Balaban J connectivity index is 1.56. The summed E-state index contributed by atoms with van der Waals surface area (Å²) in [5, 5.41) is 3.41. The monoisotopic (exact) mass is 292 g/mol. The molecule has 0 radical (unpaired) electrons. The largest absolute Gasteiger partial charge is 0.336 e. The molecule has 0 aromatic carbocycles. The first-order valence-corrected chi connectivity index (χ1v) is 9.36. The van der Waals surface area contributed by atoms with E-state index in [2.05, 4.69) is 10.2 Å². The van der Waals surface area contributed by atoms with Crippen molar-refractivity contribution in [2.75, 3.05) is 13.1 Å². The average molecular weight is 292 g/mol. The highest BCUT2D eigenvalue weighted by Gasteiger charge is 2.32. The molecule has 120 valence electrons. The Kier molecular flexibility index (Phi) is 5.56. The molecule has 0 bridgehead atoms. The van der Waals surface area contributed by atoms with Crippen molar-refractivity contribution < 1.29 is 4.79 Å². The summed E-state index contributed by atoms with van der Waals surface area (Å²) in [6.45, 7) is 1.62. The molecule has 0 heterocycles. The van der Waals surface area contributed by atoms with Crippen LogP contribution < -0.4 is 5.32 Å². The summed E-state index contributed by atoms with van der Waals surface area (Å²) in [6.07, 6.45) is 15.7. The van der Waals surface area contributed by atoms with Crippen LogP contribution in [0.1, 0.15) is 77.0 Å². The minimum absolute atomic E-state index is 0.384. The van der Waals surface area contributed by atoms with Gasteiger partial charge in [0, 0.05) is 12.1 Å². The molecule has 0 spiro atoms. The third-order valence-corrected chi connectivity index (χ3v) is 5.63. The predicted octanol–water partition coefficient (Wildman–Crippen LogP) is 3.48. The van der Waals surface area contributed by atoms with E-state index in [0.717, 1.165) is 12.5 Å². The van der Waals surface area contributed by atoms with E-state index >= 15 is 0 Å². The zero-order valence-corrected chi connectivity index (χ0v) is 13.5. The van der Waals surface area contributed by atoms with Crippen molar-refractivity contribution in [1.29, 1.82) is 0 Å². The van der Waals surface area contributed by atoms with Crippen molar-refractivity contribution in [3.63, 3.8) is 0 Å². The molecule has 0 aliphatic heterocycles. The van der Waals surface area contributed by atoms with Gasteiger partial charge in [0.2, 0.25) is 5.91 Å². The first-order valence-electron chi connectivity index (χ1n) is 9.36. The summed E-state index contributed by atoms with van der Waals surface area (Å²) < 4.78 is 0. The number of rotatable bonds is 6. The van der Waals surface area contributed by atoms with E-state index in [-0.39, 0.29) is 0 Å². The van der Waals surface area contributed by atoms with Gasteiger partial charge < -0.3 is 10.2 Å². The minimum atomic E-state index is 0.384. The van der Waals surface area contributed by atoms with Gasteiger partial charge in [0.25, 0.3) is 0 Å². The standard InChI is InChI=1S/C18H32N2O/c21-18(14-19-13-15-11-12-15)20(16-7-3-1-4-8-16)17-9-5-2-6-10-17/h15-17,19H,1-14H2. The first-order chi connectivity index (χ1) is 10.3. The van der Waals surface area contributed by atoms with Crippen LogP contribution in [-0.2, 0) is 4.79 Å². The molecule has 3 nitrogen and oxygen atoms in total. The fourth-order valence-electron chi connectivity index (χ4n) is 4.22. The van der Waals surface area contributed by atoms with Gasteiger partial charge in [0.15, 0.2) is 0 Å². The van der Waals surface area contributed by atoms with Crippen molar-refractivity contribution in [2.45, 2.75) is 89.1 Å². The minimum Gasteiger partial charge on any atom is -0.336 e. The van der Waals surface area contributed by atoms with Gasteiger partial charge in [-0.05, 0) is 51.0 Å². The molecule has 0 aromatic rings. The maximum Gasteiger partial charge on any atom is 0.237 e. The van der Waals surface area contributed by atoms with Gasteiger partial charge in [-0.2, -0.15) is 0 Å². The van der Waals surface area contributed by atoms with E-state index in [4.69, 9.17) is 0 Å². The molecule has 3 heteroatoms. The number of carbonyl (C=O) groups is 1. The molecular formula is C18H32N2O. The van der Waals surface area contributed by atoms with Gasteiger partial charge in [0.1, 0.15) is 0 Å². The van der Waals surface area contributed by atoms with Crippen LogP contribution in [0.2, 0.25) is 0 Å². The smallest absolute Gasteiger partial charge is 0.237 e. The molecule has 3 aliphatic rings. The molecule has 1 amide bonds. The third-order valence-electron chi connectivity index (χ3n) is 5.63. The molecule has 3 rings (SSSR count). The lowest BCUT2D eigenvalue weighted by molar-refractivity contribution is -0.137. The van der Waals surface area contributed by atoms with Crippen LogP contribution in [0, 0.1) is 5.92 Å². The van der Waals surface area contributed by atoms with Crippen LogP contribution in [0.4, 0.5) is 0 Å². The SMILES string of the molecule is O=C(CNCC1CC1)N(C1CCCCC1)C1CCCCC1. The maximum atomic E-state index is 12.8.